The van der Waals surface area contributed by atoms with Crippen LogP contribution in [-0.4, -0.2) is 36.2 Å². The summed E-state index contributed by atoms with van der Waals surface area (Å²) in [5, 5.41) is 0. The number of unbranched alkanes of at least 4 members (excludes halogenated alkanes) is 1. The molecule has 0 N–H and O–H groups in total. The van der Waals surface area contributed by atoms with E-state index in [0.29, 0.717) is 6.61 Å². The van der Waals surface area contributed by atoms with Crippen LogP contribution in [0.5, 0.6) is 0 Å². The fraction of sp³-hybridized carbons (Fsp3) is 0.900. The Labute approximate surface area is 101 Å². The van der Waals surface area contributed by atoms with E-state index in [0.717, 1.165) is 12.8 Å². The van der Waals surface area contributed by atoms with Crippen molar-refractivity contribution in [3.63, 3.8) is 0 Å². The van der Waals surface area contributed by atoms with Gasteiger partial charge in [-0.25, -0.2) is 0 Å². The van der Waals surface area contributed by atoms with Gasteiger partial charge in [-0.1, -0.05) is 13.3 Å². The van der Waals surface area contributed by atoms with E-state index in [1.54, 1.807) is 7.11 Å². The standard InChI is InChI=1S/C10H24O4Si2/c1-7-8-9-13-10(11)15(3,4)14-16(5,6)12-2/h7-9H2,1-6H3. The third-order valence-corrected chi connectivity index (χ3v) is 8.33. The molecule has 0 atom stereocenters. The molecule has 0 aromatic rings. The van der Waals surface area contributed by atoms with Crippen molar-refractivity contribution in [3.05, 3.63) is 0 Å². The molecule has 0 aliphatic carbocycles. The quantitative estimate of drug-likeness (QED) is 0.523. The number of carbonyl (C=O) groups is 1. The van der Waals surface area contributed by atoms with Gasteiger partial charge in [0, 0.05) is 7.11 Å². The fourth-order valence-corrected chi connectivity index (χ4v) is 7.21. The van der Waals surface area contributed by atoms with Crippen LogP contribution in [0.1, 0.15) is 19.8 Å². The first-order chi connectivity index (χ1) is 7.25. The van der Waals surface area contributed by atoms with Gasteiger partial charge in [0.05, 0.1) is 6.61 Å². The van der Waals surface area contributed by atoms with E-state index >= 15 is 0 Å². The van der Waals surface area contributed by atoms with E-state index in [2.05, 4.69) is 6.92 Å². The maximum atomic E-state index is 11.8. The van der Waals surface area contributed by atoms with Crippen molar-refractivity contribution in [1.82, 2.24) is 0 Å². The van der Waals surface area contributed by atoms with Gasteiger partial charge in [0.2, 0.25) is 0 Å². The van der Waals surface area contributed by atoms with E-state index in [4.69, 9.17) is 13.3 Å². The zero-order valence-corrected chi connectivity index (χ0v) is 13.3. The van der Waals surface area contributed by atoms with Crippen LogP contribution in [0.15, 0.2) is 0 Å². The summed E-state index contributed by atoms with van der Waals surface area (Å²) in [6, 6.07) is 0. The third kappa shape index (κ3) is 5.78. The van der Waals surface area contributed by atoms with Crippen LogP contribution in [0.2, 0.25) is 26.2 Å². The van der Waals surface area contributed by atoms with Crippen molar-refractivity contribution >= 4 is 22.5 Å². The summed E-state index contributed by atoms with van der Waals surface area (Å²) in [6.45, 7) is 10.1. The number of hydrogen-bond donors (Lipinski definition) is 0. The van der Waals surface area contributed by atoms with Crippen LogP contribution >= 0.6 is 0 Å². The Morgan fingerprint density at radius 1 is 1.19 bits per heavy atom. The second kappa shape index (κ2) is 6.53. The van der Waals surface area contributed by atoms with Crippen molar-refractivity contribution in [3.8, 4) is 0 Å². The lowest BCUT2D eigenvalue weighted by atomic mass is 10.4. The van der Waals surface area contributed by atoms with Crippen molar-refractivity contribution < 1.29 is 18.1 Å². The summed E-state index contributed by atoms with van der Waals surface area (Å²) >= 11 is 0. The monoisotopic (exact) mass is 264 g/mol. The summed E-state index contributed by atoms with van der Waals surface area (Å²) < 4.78 is 16.3. The molecule has 0 spiro atoms. The average Bonchev–Trinajstić information content (AvgIpc) is 2.16. The predicted molar refractivity (Wildman–Crippen MR) is 69.3 cm³/mol. The van der Waals surface area contributed by atoms with Crippen LogP contribution in [0.3, 0.4) is 0 Å². The van der Waals surface area contributed by atoms with Crippen molar-refractivity contribution in [2.45, 2.75) is 46.0 Å². The SMILES string of the molecule is CCCCOC(=O)[Si](C)(C)O[Si](C)(C)OC. The second-order valence-corrected chi connectivity index (χ2v) is 12.2. The number of ether oxygens (including phenoxy) is 1. The summed E-state index contributed by atoms with van der Waals surface area (Å²) in [5.74, 6) is 0. The van der Waals surface area contributed by atoms with E-state index in [-0.39, 0.29) is 5.59 Å². The molecule has 0 amide bonds. The first-order valence-corrected chi connectivity index (χ1v) is 11.4. The molecule has 0 aliphatic rings. The summed E-state index contributed by atoms with van der Waals surface area (Å²) in [7, 11) is -2.98. The van der Waals surface area contributed by atoms with Gasteiger partial charge < -0.3 is 13.3 Å². The van der Waals surface area contributed by atoms with Gasteiger partial charge in [-0.3, -0.25) is 4.79 Å². The maximum Gasteiger partial charge on any atom is 0.321 e. The Balaban J connectivity index is 4.25. The molecule has 0 radical (unpaired) electrons. The average molecular weight is 264 g/mol. The normalized spacial score (nSPS) is 12.6. The molecular weight excluding hydrogens is 240 g/mol. The lowest BCUT2D eigenvalue weighted by Crippen LogP contribution is -2.51. The fourth-order valence-electron chi connectivity index (χ4n) is 1.18. The van der Waals surface area contributed by atoms with Gasteiger partial charge >= 0.3 is 22.5 Å². The number of hydrogen-bond acceptors (Lipinski definition) is 4. The van der Waals surface area contributed by atoms with Gasteiger partial charge in [-0.05, 0) is 32.6 Å². The molecule has 0 aromatic heterocycles. The maximum absolute atomic E-state index is 11.8. The van der Waals surface area contributed by atoms with E-state index in [1.807, 2.05) is 26.2 Å². The largest absolute Gasteiger partial charge is 0.468 e. The number of carbonyl (C=O) groups excluding carboxylic acids is 1. The minimum Gasteiger partial charge on any atom is -0.468 e. The topological polar surface area (TPSA) is 44.8 Å². The predicted octanol–water partition coefficient (Wildman–Crippen LogP) is 3.07. The highest BCUT2D eigenvalue weighted by Gasteiger charge is 2.41. The molecule has 0 aliphatic heterocycles. The van der Waals surface area contributed by atoms with Crippen LogP contribution in [-0.2, 0) is 13.3 Å². The zero-order valence-electron chi connectivity index (χ0n) is 11.3. The molecule has 0 fully saturated rings. The van der Waals surface area contributed by atoms with Crippen LogP contribution in [0.4, 0.5) is 4.79 Å². The van der Waals surface area contributed by atoms with Gasteiger partial charge in [0.15, 0.2) is 0 Å². The van der Waals surface area contributed by atoms with E-state index in [9.17, 15) is 4.79 Å². The first kappa shape index (κ1) is 15.8. The van der Waals surface area contributed by atoms with E-state index in [1.165, 1.54) is 0 Å². The van der Waals surface area contributed by atoms with Gasteiger partial charge in [-0.2, -0.15) is 0 Å². The summed E-state index contributed by atoms with van der Waals surface area (Å²) in [5.41, 5.74) is -0.182. The Morgan fingerprint density at radius 2 is 1.75 bits per heavy atom. The highest BCUT2D eigenvalue weighted by Crippen LogP contribution is 2.17. The van der Waals surface area contributed by atoms with Gasteiger partial charge in [0.1, 0.15) is 0 Å². The molecule has 4 nitrogen and oxygen atoms in total. The molecular formula is C10H24O4Si2. The molecule has 0 aromatic carbocycles. The Morgan fingerprint density at radius 3 is 2.19 bits per heavy atom. The van der Waals surface area contributed by atoms with Crippen LogP contribution < -0.4 is 0 Å². The summed E-state index contributed by atoms with van der Waals surface area (Å²) in [6.07, 6.45) is 1.93. The Bertz CT molecular complexity index is 229. The minimum absolute atomic E-state index is 0.182. The lowest BCUT2D eigenvalue weighted by molar-refractivity contribution is 0.163. The first-order valence-electron chi connectivity index (χ1n) is 5.67. The van der Waals surface area contributed by atoms with E-state index < -0.39 is 16.9 Å². The second-order valence-electron chi connectivity index (χ2n) is 4.71. The molecule has 0 bridgehead atoms. The lowest BCUT2D eigenvalue weighted by Gasteiger charge is -2.30. The number of rotatable bonds is 7. The van der Waals surface area contributed by atoms with Crippen molar-refractivity contribution in [2.75, 3.05) is 13.7 Å². The highest BCUT2D eigenvalue weighted by atomic mass is 28.4. The minimum atomic E-state index is -2.44. The molecule has 0 saturated heterocycles. The Hall–Kier alpha value is -0.176. The molecule has 6 heteroatoms. The van der Waals surface area contributed by atoms with Gasteiger partial charge in [0.25, 0.3) is 0 Å². The van der Waals surface area contributed by atoms with Gasteiger partial charge in [-0.15, -0.1) is 0 Å². The summed E-state index contributed by atoms with van der Waals surface area (Å²) in [4.78, 5) is 11.8. The third-order valence-electron chi connectivity index (χ3n) is 2.22. The van der Waals surface area contributed by atoms with Crippen LogP contribution in [0, 0.1) is 0 Å². The van der Waals surface area contributed by atoms with Crippen molar-refractivity contribution in [2.24, 2.45) is 0 Å². The molecule has 0 unspecified atom stereocenters. The molecule has 0 saturated carbocycles. The Kier molecular flexibility index (Phi) is 6.46. The zero-order chi connectivity index (χ0) is 12.8. The van der Waals surface area contributed by atoms with Crippen LogP contribution in [0.25, 0.3) is 0 Å². The molecule has 16 heavy (non-hydrogen) atoms. The molecule has 96 valence electrons. The molecule has 0 heterocycles. The highest BCUT2D eigenvalue weighted by molar-refractivity contribution is 7.02. The van der Waals surface area contributed by atoms with Crippen molar-refractivity contribution in [1.29, 1.82) is 0 Å². The smallest absolute Gasteiger partial charge is 0.321 e. The molecule has 0 rings (SSSR count).